The van der Waals surface area contributed by atoms with E-state index in [2.05, 4.69) is 10.2 Å². The Morgan fingerprint density at radius 3 is 2.95 bits per heavy atom. The SMILES string of the molecule is COCCN(Cc1ccccc1[N+](=O)[O-])CC1CCCN1. The van der Waals surface area contributed by atoms with E-state index in [9.17, 15) is 10.1 Å². The van der Waals surface area contributed by atoms with Crippen LogP contribution in [0.5, 0.6) is 0 Å². The lowest BCUT2D eigenvalue weighted by molar-refractivity contribution is -0.385. The van der Waals surface area contributed by atoms with Gasteiger partial charge in [0.2, 0.25) is 0 Å². The van der Waals surface area contributed by atoms with Gasteiger partial charge in [-0.2, -0.15) is 0 Å². The Hall–Kier alpha value is -1.50. The second-order valence-electron chi connectivity index (χ2n) is 5.41. The summed E-state index contributed by atoms with van der Waals surface area (Å²) in [5.74, 6) is 0. The summed E-state index contributed by atoms with van der Waals surface area (Å²) in [6.07, 6.45) is 2.37. The summed E-state index contributed by atoms with van der Waals surface area (Å²) in [5, 5.41) is 14.6. The summed E-state index contributed by atoms with van der Waals surface area (Å²) in [5.41, 5.74) is 0.955. The zero-order valence-electron chi connectivity index (χ0n) is 12.5. The van der Waals surface area contributed by atoms with Gasteiger partial charge >= 0.3 is 0 Å². The third kappa shape index (κ3) is 4.77. The van der Waals surface area contributed by atoms with Crippen LogP contribution in [0, 0.1) is 10.1 Å². The van der Waals surface area contributed by atoms with Crippen molar-refractivity contribution in [1.82, 2.24) is 10.2 Å². The number of hydrogen-bond donors (Lipinski definition) is 1. The number of para-hydroxylation sites is 1. The van der Waals surface area contributed by atoms with Crippen LogP contribution in [0.15, 0.2) is 24.3 Å². The smallest absolute Gasteiger partial charge is 0.273 e. The summed E-state index contributed by atoms with van der Waals surface area (Å²) in [7, 11) is 1.68. The van der Waals surface area contributed by atoms with Crippen molar-refractivity contribution in [2.45, 2.75) is 25.4 Å². The second-order valence-corrected chi connectivity index (χ2v) is 5.41. The molecule has 0 spiro atoms. The fourth-order valence-corrected chi connectivity index (χ4v) is 2.74. The minimum atomic E-state index is -0.308. The van der Waals surface area contributed by atoms with Gasteiger partial charge in [-0.05, 0) is 19.4 Å². The molecule has 2 rings (SSSR count). The molecular formula is C15H23N3O3. The minimum Gasteiger partial charge on any atom is -0.383 e. The summed E-state index contributed by atoms with van der Waals surface area (Å²) in [6, 6.07) is 7.44. The van der Waals surface area contributed by atoms with Gasteiger partial charge in [-0.15, -0.1) is 0 Å². The first kappa shape index (κ1) is 15.9. The summed E-state index contributed by atoms with van der Waals surface area (Å²) < 4.78 is 5.16. The van der Waals surface area contributed by atoms with E-state index in [0.29, 0.717) is 19.2 Å². The van der Waals surface area contributed by atoms with Crippen LogP contribution >= 0.6 is 0 Å². The van der Waals surface area contributed by atoms with Crippen molar-refractivity contribution >= 4 is 5.69 Å². The summed E-state index contributed by atoms with van der Waals surface area (Å²) >= 11 is 0. The van der Waals surface area contributed by atoms with Crippen molar-refractivity contribution in [3.8, 4) is 0 Å². The molecule has 0 aromatic heterocycles. The largest absolute Gasteiger partial charge is 0.383 e. The molecule has 1 atom stereocenters. The van der Waals surface area contributed by atoms with Gasteiger partial charge in [0.05, 0.1) is 11.5 Å². The maximum Gasteiger partial charge on any atom is 0.273 e. The number of nitro groups is 1. The van der Waals surface area contributed by atoms with E-state index >= 15 is 0 Å². The number of benzene rings is 1. The lowest BCUT2D eigenvalue weighted by Gasteiger charge is -2.25. The molecular weight excluding hydrogens is 270 g/mol. The van der Waals surface area contributed by atoms with Crippen LogP contribution in [0.25, 0.3) is 0 Å². The molecule has 1 aliphatic rings. The van der Waals surface area contributed by atoms with E-state index in [1.165, 1.54) is 12.8 Å². The molecule has 1 aromatic rings. The van der Waals surface area contributed by atoms with E-state index in [-0.39, 0.29) is 10.6 Å². The minimum absolute atomic E-state index is 0.194. The number of nitro benzene ring substituents is 1. The van der Waals surface area contributed by atoms with Gasteiger partial charge in [0, 0.05) is 44.4 Å². The fraction of sp³-hybridized carbons (Fsp3) is 0.600. The lowest BCUT2D eigenvalue weighted by Crippen LogP contribution is -2.38. The predicted molar refractivity (Wildman–Crippen MR) is 81.3 cm³/mol. The summed E-state index contributed by atoms with van der Waals surface area (Å²) in [6.45, 7) is 3.95. The van der Waals surface area contributed by atoms with Crippen molar-refractivity contribution in [2.75, 3.05) is 33.4 Å². The lowest BCUT2D eigenvalue weighted by atomic mass is 10.1. The molecule has 0 radical (unpaired) electrons. The summed E-state index contributed by atoms with van der Waals surface area (Å²) in [4.78, 5) is 13.0. The second kappa shape index (κ2) is 8.07. The Morgan fingerprint density at radius 2 is 2.29 bits per heavy atom. The number of methoxy groups -OCH3 is 1. The van der Waals surface area contributed by atoms with Crippen LogP contribution in [0.3, 0.4) is 0 Å². The van der Waals surface area contributed by atoms with Gasteiger partial charge < -0.3 is 10.1 Å². The third-order valence-electron chi connectivity index (χ3n) is 3.83. The number of hydrogen-bond acceptors (Lipinski definition) is 5. The number of rotatable bonds is 8. The van der Waals surface area contributed by atoms with Gasteiger partial charge in [-0.3, -0.25) is 15.0 Å². The molecule has 0 aliphatic carbocycles. The molecule has 0 amide bonds. The number of nitrogens with zero attached hydrogens (tertiary/aromatic N) is 2. The molecule has 0 bridgehead atoms. The quantitative estimate of drug-likeness (QED) is 0.584. The van der Waals surface area contributed by atoms with Crippen molar-refractivity contribution in [2.24, 2.45) is 0 Å². The zero-order chi connectivity index (χ0) is 15.1. The van der Waals surface area contributed by atoms with E-state index in [1.807, 2.05) is 12.1 Å². The Bertz CT molecular complexity index is 461. The van der Waals surface area contributed by atoms with E-state index < -0.39 is 0 Å². The highest BCUT2D eigenvalue weighted by molar-refractivity contribution is 5.39. The number of nitrogens with one attached hydrogen (secondary N) is 1. The zero-order valence-corrected chi connectivity index (χ0v) is 12.5. The third-order valence-corrected chi connectivity index (χ3v) is 3.83. The Kier molecular flexibility index (Phi) is 6.10. The molecule has 1 heterocycles. The van der Waals surface area contributed by atoms with Crippen LogP contribution in [0.1, 0.15) is 18.4 Å². The van der Waals surface area contributed by atoms with Crippen molar-refractivity contribution in [1.29, 1.82) is 0 Å². The molecule has 1 aliphatic heterocycles. The van der Waals surface area contributed by atoms with Crippen LogP contribution in [-0.2, 0) is 11.3 Å². The first-order valence-electron chi connectivity index (χ1n) is 7.37. The van der Waals surface area contributed by atoms with Gasteiger partial charge in [0.25, 0.3) is 5.69 Å². The standard InChI is InChI=1S/C15H23N3O3/c1-21-10-9-17(12-14-6-4-8-16-14)11-13-5-2-3-7-15(13)18(19)20/h2-3,5,7,14,16H,4,6,8-12H2,1H3. The maximum absolute atomic E-state index is 11.1. The molecule has 1 N–H and O–H groups in total. The molecule has 116 valence electrons. The molecule has 21 heavy (non-hydrogen) atoms. The molecule has 1 aromatic carbocycles. The first-order valence-corrected chi connectivity index (χ1v) is 7.37. The van der Waals surface area contributed by atoms with Gasteiger partial charge in [-0.1, -0.05) is 18.2 Å². The van der Waals surface area contributed by atoms with Crippen LogP contribution < -0.4 is 5.32 Å². The molecule has 1 fully saturated rings. The van der Waals surface area contributed by atoms with Crippen molar-refractivity contribution < 1.29 is 9.66 Å². The Labute approximate surface area is 125 Å². The van der Waals surface area contributed by atoms with E-state index in [1.54, 1.807) is 19.2 Å². The molecule has 1 unspecified atom stereocenters. The molecule has 1 saturated heterocycles. The van der Waals surface area contributed by atoms with Crippen molar-refractivity contribution in [3.05, 3.63) is 39.9 Å². The van der Waals surface area contributed by atoms with Gasteiger partial charge in [-0.25, -0.2) is 0 Å². The van der Waals surface area contributed by atoms with Crippen molar-refractivity contribution in [3.63, 3.8) is 0 Å². The van der Waals surface area contributed by atoms with Gasteiger partial charge in [0.1, 0.15) is 0 Å². The average molecular weight is 293 g/mol. The molecule has 6 heteroatoms. The highest BCUT2D eigenvalue weighted by atomic mass is 16.6. The number of ether oxygens (including phenoxy) is 1. The Balaban J connectivity index is 2.04. The van der Waals surface area contributed by atoms with Crippen LogP contribution in [-0.4, -0.2) is 49.2 Å². The topological polar surface area (TPSA) is 67.6 Å². The monoisotopic (exact) mass is 293 g/mol. The first-order chi connectivity index (χ1) is 10.2. The van der Waals surface area contributed by atoms with E-state index in [0.717, 1.165) is 25.2 Å². The normalized spacial score (nSPS) is 18.3. The highest BCUT2D eigenvalue weighted by Crippen LogP contribution is 2.20. The highest BCUT2D eigenvalue weighted by Gasteiger charge is 2.20. The van der Waals surface area contributed by atoms with E-state index in [4.69, 9.17) is 4.74 Å². The fourth-order valence-electron chi connectivity index (χ4n) is 2.74. The van der Waals surface area contributed by atoms with Gasteiger partial charge in [0.15, 0.2) is 0 Å². The van der Waals surface area contributed by atoms with Crippen LogP contribution in [0.4, 0.5) is 5.69 Å². The predicted octanol–water partition coefficient (Wildman–Crippen LogP) is 1.80. The molecule has 0 saturated carbocycles. The van der Waals surface area contributed by atoms with Crippen LogP contribution in [0.2, 0.25) is 0 Å². The Morgan fingerprint density at radius 1 is 1.48 bits per heavy atom. The average Bonchev–Trinajstić information content (AvgIpc) is 2.98. The maximum atomic E-state index is 11.1. The molecule has 6 nitrogen and oxygen atoms in total.